The van der Waals surface area contributed by atoms with E-state index in [-0.39, 0.29) is 11.8 Å². The molecule has 1 saturated heterocycles. The minimum absolute atomic E-state index is 0.0539. The first kappa shape index (κ1) is 19.5. The number of carbonyl (C=O) groups excluding carboxylic acids is 1. The first-order valence-corrected chi connectivity index (χ1v) is 10.8. The maximum Gasteiger partial charge on any atom is 0.247 e. The minimum Gasteiger partial charge on any atom is -0.421 e. The predicted octanol–water partition coefficient (Wildman–Crippen LogP) is 1.38. The van der Waals surface area contributed by atoms with Crippen molar-refractivity contribution in [2.75, 3.05) is 25.9 Å². The smallest absolute Gasteiger partial charge is 0.247 e. The van der Waals surface area contributed by atoms with E-state index in [1.165, 1.54) is 10.6 Å². The third-order valence-corrected chi connectivity index (χ3v) is 6.08. The Bertz CT molecular complexity index is 902. The molecule has 27 heavy (non-hydrogen) atoms. The van der Waals surface area contributed by atoms with Gasteiger partial charge in [0.15, 0.2) is 0 Å². The van der Waals surface area contributed by atoms with E-state index in [2.05, 4.69) is 15.5 Å². The van der Waals surface area contributed by atoms with E-state index in [0.717, 1.165) is 11.1 Å². The SMILES string of the molecule is Cc1ccccc1-c1nnc(CCNC(=O)C2CCN(S(C)(=O)=O)CC2)o1. The highest BCUT2D eigenvalue weighted by molar-refractivity contribution is 7.88. The number of carbonyl (C=O) groups is 1. The summed E-state index contributed by atoms with van der Waals surface area (Å²) in [5.74, 6) is 0.734. The molecule has 2 aromatic rings. The summed E-state index contributed by atoms with van der Waals surface area (Å²) in [4.78, 5) is 12.3. The van der Waals surface area contributed by atoms with Gasteiger partial charge < -0.3 is 9.73 Å². The van der Waals surface area contributed by atoms with Crippen LogP contribution in [0.3, 0.4) is 0 Å². The van der Waals surface area contributed by atoms with Crippen molar-refractivity contribution in [2.45, 2.75) is 26.2 Å². The number of amides is 1. The number of nitrogens with zero attached hydrogens (tertiary/aromatic N) is 3. The third kappa shape index (κ3) is 4.92. The molecule has 1 N–H and O–H groups in total. The Hall–Kier alpha value is -2.26. The molecule has 0 aliphatic carbocycles. The molecule has 0 saturated carbocycles. The molecule has 1 aliphatic heterocycles. The largest absolute Gasteiger partial charge is 0.421 e. The van der Waals surface area contributed by atoms with Gasteiger partial charge in [-0.2, -0.15) is 0 Å². The second-order valence-electron chi connectivity index (χ2n) is 6.79. The van der Waals surface area contributed by atoms with Gasteiger partial charge in [0.25, 0.3) is 0 Å². The average molecular weight is 392 g/mol. The Morgan fingerprint density at radius 3 is 2.63 bits per heavy atom. The summed E-state index contributed by atoms with van der Waals surface area (Å²) >= 11 is 0. The third-order valence-electron chi connectivity index (χ3n) is 4.77. The average Bonchev–Trinajstić information content (AvgIpc) is 3.10. The number of benzene rings is 1. The van der Waals surface area contributed by atoms with Crippen LogP contribution in [-0.2, 0) is 21.2 Å². The first-order chi connectivity index (χ1) is 12.8. The summed E-state index contributed by atoms with van der Waals surface area (Å²) in [7, 11) is -3.18. The lowest BCUT2D eigenvalue weighted by Crippen LogP contribution is -2.42. The first-order valence-electron chi connectivity index (χ1n) is 8.96. The van der Waals surface area contributed by atoms with Gasteiger partial charge in [-0.15, -0.1) is 10.2 Å². The van der Waals surface area contributed by atoms with Crippen molar-refractivity contribution in [1.82, 2.24) is 19.8 Å². The lowest BCUT2D eigenvalue weighted by atomic mass is 9.97. The van der Waals surface area contributed by atoms with Crippen LogP contribution in [0.1, 0.15) is 24.3 Å². The molecule has 0 radical (unpaired) electrons. The van der Waals surface area contributed by atoms with Crippen molar-refractivity contribution in [2.24, 2.45) is 5.92 Å². The zero-order valence-corrected chi connectivity index (χ0v) is 16.3. The number of piperidine rings is 1. The minimum atomic E-state index is -3.18. The molecule has 1 aromatic heterocycles. The lowest BCUT2D eigenvalue weighted by molar-refractivity contribution is -0.126. The fraction of sp³-hybridized carbons (Fsp3) is 0.500. The van der Waals surface area contributed by atoms with E-state index in [1.54, 1.807) is 0 Å². The maximum atomic E-state index is 12.3. The molecule has 8 nitrogen and oxygen atoms in total. The number of hydrogen-bond acceptors (Lipinski definition) is 6. The number of aromatic nitrogens is 2. The van der Waals surface area contributed by atoms with Crippen LogP contribution >= 0.6 is 0 Å². The molecule has 1 aromatic carbocycles. The van der Waals surface area contributed by atoms with Gasteiger partial charge in [0.05, 0.1) is 6.26 Å². The Morgan fingerprint density at radius 2 is 1.96 bits per heavy atom. The number of rotatable bonds is 6. The van der Waals surface area contributed by atoms with E-state index in [4.69, 9.17) is 4.42 Å². The quantitative estimate of drug-likeness (QED) is 0.796. The summed E-state index contributed by atoms with van der Waals surface area (Å²) in [6.07, 6.45) is 2.73. The van der Waals surface area contributed by atoms with Gasteiger partial charge in [-0.3, -0.25) is 4.79 Å². The number of sulfonamides is 1. The molecule has 1 aliphatic rings. The molecule has 0 atom stereocenters. The van der Waals surface area contributed by atoms with E-state index < -0.39 is 10.0 Å². The van der Waals surface area contributed by atoms with Gasteiger partial charge in [0.2, 0.25) is 27.7 Å². The van der Waals surface area contributed by atoms with Crippen LogP contribution in [-0.4, -0.2) is 54.7 Å². The molecular weight excluding hydrogens is 368 g/mol. The number of hydrogen-bond donors (Lipinski definition) is 1. The molecule has 1 fully saturated rings. The summed E-state index contributed by atoms with van der Waals surface area (Å²) in [5.41, 5.74) is 1.96. The molecule has 0 unspecified atom stereocenters. The fourth-order valence-electron chi connectivity index (χ4n) is 3.16. The lowest BCUT2D eigenvalue weighted by Gasteiger charge is -2.29. The van der Waals surface area contributed by atoms with E-state index in [9.17, 15) is 13.2 Å². The van der Waals surface area contributed by atoms with Crippen molar-refractivity contribution in [3.8, 4) is 11.5 Å². The maximum absolute atomic E-state index is 12.3. The molecule has 0 bridgehead atoms. The van der Waals surface area contributed by atoms with Crippen molar-refractivity contribution in [1.29, 1.82) is 0 Å². The van der Waals surface area contributed by atoms with Crippen LogP contribution in [0.5, 0.6) is 0 Å². The van der Waals surface area contributed by atoms with E-state index in [0.29, 0.717) is 50.7 Å². The molecule has 2 heterocycles. The van der Waals surface area contributed by atoms with Crippen LogP contribution < -0.4 is 5.32 Å². The Morgan fingerprint density at radius 1 is 1.26 bits per heavy atom. The number of nitrogens with one attached hydrogen (secondary N) is 1. The van der Waals surface area contributed by atoms with Crippen molar-refractivity contribution >= 4 is 15.9 Å². The van der Waals surface area contributed by atoms with E-state index in [1.807, 2.05) is 31.2 Å². The van der Waals surface area contributed by atoms with Gasteiger partial charge in [-0.25, -0.2) is 12.7 Å². The second kappa shape index (κ2) is 8.18. The highest BCUT2D eigenvalue weighted by Gasteiger charge is 2.28. The van der Waals surface area contributed by atoms with Crippen LogP contribution in [0.4, 0.5) is 0 Å². The van der Waals surface area contributed by atoms with Crippen LogP contribution in [0.15, 0.2) is 28.7 Å². The van der Waals surface area contributed by atoms with Crippen molar-refractivity contribution < 1.29 is 17.6 Å². The summed E-state index contributed by atoms with van der Waals surface area (Å²) in [6.45, 7) is 3.16. The summed E-state index contributed by atoms with van der Waals surface area (Å²) in [5, 5.41) is 11.0. The van der Waals surface area contributed by atoms with Crippen molar-refractivity contribution in [3.63, 3.8) is 0 Å². The summed E-state index contributed by atoms with van der Waals surface area (Å²) < 4.78 is 30.1. The highest BCUT2D eigenvalue weighted by Crippen LogP contribution is 2.22. The molecule has 9 heteroatoms. The van der Waals surface area contributed by atoms with Gasteiger partial charge in [-0.1, -0.05) is 18.2 Å². The topological polar surface area (TPSA) is 105 Å². The normalized spacial score (nSPS) is 16.4. The van der Waals surface area contributed by atoms with Gasteiger partial charge >= 0.3 is 0 Å². The predicted molar refractivity (Wildman–Crippen MR) is 100 cm³/mol. The van der Waals surface area contributed by atoms with Crippen molar-refractivity contribution in [3.05, 3.63) is 35.7 Å². The number of aryl methyl sites for hydroxylation is 1. The van der Waals surface area contributed by atoms with Gasteiger partial charge in [0.1, 0.15) is 0 Å². The molecular formula is C18H24N4O4S. The molecule has 3 rings (SSSR count). The van der Waals surface area contributed by atoms with Gasteiger partial charge in [0, 0.05) is 37.5 Å². The Balaban J connectivity index is 1.47. The molecule has 146 valence electrons. The fourth-order valence-corrected chi connectivity index (χ4v) is 4.04. The molecule has 0 spiro atoms. The van der Waals surface area contributed by atoms with Crippen LogP contribution in [0.25, 0.3) is 11.5 Å². The Labute approximate surface area is 159 Å². The van der Waals surface area contributed by atoms with Crippen LogP contribution in [0, 0.1) is 12.8 Å². The summed E-state index contributed by atoms with van der Waals surface area (Å²) in [6, 6.07) is 7.78. The zero-order chi connectivity index (χ0) is 19.4. The zero-order valence-electron chi connectivity index (χ0n) is 15.5. The molecule has 1 amide bonds. The van der Waals surface area contributed by atoms with Gasteiger partial charge in [-0.05, 0) is 31.4 Å². The standard InChI is InChI=1S/C18H24N4O4S/c1-13-5-3-4-6-15(13)18-21-20-16(26-18)7-10-19-17(23)14-8-11-22(12-9-14)27(2,24)25/h3-6,14H,7-12H2,1-2H3,(H,19,23). The second-order valence-corrected chi connectivity index (χ2v) is 8.78. The highest BCUT2D eigenvalue weighted by atomic mass is 32.2. The van der Waals surface area contributed by atoms with Crippen LogP contribution in [0.2, 0.25) is 0 Å². The monoisotopic (exact) mass is 392 g/mol. The van der Waals surface area contributed by atoms with E-state index >= 15 is 0 Å². The Kier molecular flexibility index (Phi) is 5.91.